The van der Waals surface area contributed by atoms with Crippen LogP contribution in [-0.2, 0) is 7.05 Å². The van der Waals surface area contributed by atoms with E-state index in [1.54, 1.807) is 18.5 Å². The van der Waals surface area contributed by atoms with E-state index >= 15 is 0 Å². The van der Waals surface area contributed by atoms with Crippen molar-refractivity contribution in [2.24, 2.45) is 7.05 Å². The maximum Gasteiger partial charge on any atom is 0.164 e. The van der Waals surface area contributed by atoms with Crippen molar-refractivity contribution in [3.8, 4) is 22.5 Å². The third-order valence-corrected chi connectivity index (χ3v) is 3.34. The second-order valence-electron chi connectivity index (χ2n) is 4.31. The fourth-order valence-corrected chi connectivity index (χ4v) is 2.54. The first-order chi connectivity index (χ1) is 9.65. The highest BCUT2D eigenvalue weighted by Crippen LogP contribution is 2.32. The zero-order chi connectivity index (χ0) is 14.1. The van der Waals surface area contributed by atoms with Crippen LogP contribution in [-0.4, -0.2) is 19.7 Å². The quantitative estimate of drug-likeness (QED) is 0.675. The Morgan fingerprint density at radius 3 is 2.25 bits per heavy atom. The van der Waals surface area contributed by atoms with E-state index in [0.717, 1.165) is 22.5 Å². The highest BCUT2D eigenvalue weighted by molar-refractivity contribution is 6.32. The molecule has 0 amide bonds. The van der Waals surface area contributed by atoms with Gasteiger partial charge in [0.15, 0.2) is 5.82 Å². The molecule has 0 bridgehead atoms. The smallest absolute Gasteiger partial charge is 0.164 e. The summed E-state index contributed by atoms with van der Waals surface area (Å²) in [7, 11) is 1.90. The van der Waals surface area contributed by atoms with Gasteiger partial charge < -0.3 is 4.57 Å². The topological polar surface area (TPSA) is 43.6 Å². The van der Waals surface area contributed by atoms with Crippen molar-refractivity contribution >= 4 is 23.2 Å². The summed E-state index contributed by atoms with van der Waals surface area (Å²) < 4.78 is 1.86. The first kappa shape index (κ1) is 13.1. The molecule has 20 heavy (non-hydrogen) atoms. The largest absolute Gasteiger partial charge is 0.317 e. The third-order valence-electron chi connectivity index (χ3n) is 2.95. The average Bonchev–Trinajstić information content (AvgIpc) is 2.84. The predicted molar refractivity (Wildman–Crippen MR) is 79.7 cm³/mol. The van der Waals surface area contributed by atoms with Crippen molar-refractivity contribution in [1.82, 2.24) is 19.7 Å². The molecule has 2 aromatic heterocycles. The first-order valence-corrected chi connectivity index (χ1v) is 6.67. The van der Waals surface area contributed by atoms with Gasteiger partial charge in [0.25, 0.3) is 0 Å². The molecule has 0 fully saturated rings. The minimum atomic E-state index is 0.361. The van der Waals surface area contributed by atoms with Crippen LogP contribution < -0.4 is 0 Å². The van der Waals surface area contributed by atoms with Crippen molar-refractivity contribution in [2.75, 3.05) is 0 Å². The Labute approximate surface area is 126 Å². The summed E-state index contributed by atoms with van der Waals surface area (Å²) in [6.07, 6.45) is 1.67. The number of pyridine rings is 1. The highest BCUT2D eigenvalue weighted by atomic mass is 35.5. The number of hydrogen-bond acceptors (Lipinski definition) is 3. The molecule has 0 atom stereocenters. The highest BCUT2D eigenvalue weighted by Gasteiger charge is 2.12. The first-order valence-electron chi connectivity index (χ1n) is 5.92. The maximum absolute atomic E-state index is 5.98. The van der Waals surface area contributed by atoms with E-state index < -0.39 is 0 Å². The van der Waals surface area contributed by atoms with E-state index in [-0.39, 0.29) is 0 Å². The standard InChI is InChI=1S/C14H10Cl2N4/c1-20-8-17-19-14(20)11-5-3-2-4-10(11)9-6-12(15)18-13(16)7-9/h2-8H,1H3. The molecular formula is C14H10Cl2N4. The number of benzene rings is 1. The number of hydrogen-bond donors (Lipinski definition) is 0. The third kappa shape index (κ3) is 2.40. The summed E-state index contributed by atoms with van der Waals surface area (Å²) in [6.45, 7) is 0. The van der Waals surface area contributed by atoms with Gasteiger partial charge in [-0.25, -0.2) is 4.98 Å². The Morgan fingerprint density at radius 1 is 1.00 bits per heavy atom. The van der Waals surface area contributed by atoms with Gasteiger partial charge in [0.1, 0.15) is 16.6 Å². The van der Waals surface area contributed by atoms with Crippen LogP contribution in [0.4, 0.5) is 0 Å². The predicted octanol–water partition coefficient (Wildman–Crippen LogP) is 3.85. The minimum absolute atomic E-state index is 0.361. The van der Waals surface area contributed by atoms with Gasteiger partial charge >= 0.3 is 0 Å². The van der Waals surface area contributed by atoms with E-state index in [1.807, 2.05) is 35.9 Å². The van der Waals surface area contributed by atoms with Crippen LogP contribution in [0.1, 0.15) is 0 Å². The monoisotopic (exact) mass is 304 g/mol. The van der Waals surface area contributed by atoms with Crippen molar-refractivity contribution in [3.05, 3.63) is 53.0 Å². The molecular weight excluding hydrogens is 295 g/mol. The van der Waals surface area contributed by atoms with E-state index in [1.165, 1.54) is 0 Å². The van der Waals surface area contributed by atoms with Crippen molar-refractivity contribution in [3.63, 3.8) is 0 Å². The Hall–Kier alpha value is -1.91. The van der Waals surface area contributed by atoms with Gasteiger partial charge in [-0.3, -0.25) is 0 Å². The van der Waals surface area contributed by atoms with Gasteiger partial charge in [-0.1, -0.05) is 47.5 Å². The lowest BCUT2D eigenvalue weighted by Crippen LogP contribution is -1.94. The molecule has 0 saturated heterocycles. The van der Waals surface area contributed by atoms with E-state index in [2.05, 4.69) is 15.2 Å². The maximum atomic E-state index is 5.98. The minimum Gasteiger partial charge on any atom is -0.317 e. The Balaban J connectivity index is 2.22. The summed E-state index contributed by atoms with van der Waals surface area (Å²) in [6, 6.07) is 11.5. The summed E-state index contributed by atoms with van der Waals surface area (Å²) in [5, 5.41) is 8.79. The van der Waals surface area contributed by atoms with Crippen molar-refractivity contribution in [2.45, 2.75) is 0 Å². The van der Waals surface area contributed by atoms with Crippen LogP contribution >= 0.6 is 23.2 Å². The molecule has 0 aliphatic heterocycles. The molecule has 1 aromatic carbocycles. The van der Waals surface area contributed by atoms with Crippen LogP contribution in [0.3, 0.4) is 0 Å². The number of rotatable bonds is 2. The second-order valence-corrected chi connectivity index (χ2v) is 5.09. The Bertz CT molecular complexity index is 747. The lowest BCUT2D eigenvalue weighted by molar-refractivity contribution is 0.920. The number of nitrogens with zero attached hydrogens (tertiary/aromatic N) is 4. The van der Waals surface area contributed by atoms with Gasteiger partial charge in [-0.05, 0) is 23.3 Å². The molecule has 100 valence electrons. The van der Waals surface area contributed by atoms with Crippen LogP contribution in [0, 0.1) is 0 Å². The van der Waals surface area contributed by atoms with Crippen molar-refractivity contribution < 1.29 is 0 Å². The fourth-order valence-electron chi connectivity index (χ4n) is 2.08. The van der Waals surface area contributed by atoms with E-state index in [0.29, 0.717) is 10.3 Å². The summed E-state index contributed by atoms with van der Waals surface area (Å²) in [5.74, 6) is 0.782. The molecule has 0 aliphatic rings. The van der Waals surface area contributed by atoms with Crippen LogP contribution in [0.5, 0.6) is 0 Å². The molecule has 0 saturated carbocycles. The summed E-state index contributed by atoms with van der Waals surface area (Å²) in [5.41, 5.74) is 2.84. The van der Waals surface area contributed by atoms with Crippen LogP contribution in [0.2, 0.25) is 10.3 Å². The van der Waals surface area contributed by atoms with Crippen molar-refractivity contribution in [1.29, 1.82) is 0 Å². The molecule has 0 unspecified atom stereocenters. The average molecular weight is 305 g/mol. The summed E-state index contributed by atoms with van der Waals surface area (Å²) in [4.78, 5) is 3.97. The number of halogens is 2. The lowest BCUT2D eigenvalue weighted by Gasteiger charge is -2.09. The molecule has 0 N–H and O–H groups in total. The van der Waals surface area contributed by atoms with Gasteiger partial charge in [0.2, 0.25) is 0 Å². The zero-order valence-electron chi connectivity index (χ0n) is 10.6. The normalized spacial score (nSPS) is 10.8. The molecule has 3 rings (SSSR count). The molecule has 3 aromatic rings. The van der Waals surface area contributed by atoms with Crippen LogP contribution in [0.25, 0.3) is 22.5 Å². The SMILES string of the molecule is Cn1cnnc1-c1ccccc1-c1cc(Cl)nc(Cl)c1. The number of aromatic nitrogens is 4. The van der Waals surface area contributed by atoms with Gasteiger partial charge in [0, 0.05) is 12.6 Å². The Morgan fingerprint density at radius 2 is 1.65 bits per heavy atom. The van der Waals surface area contributed by atoms with E-state index in [9.17, 15) is 0 Å². The zero-order valence-corrected chi connectivity index (χ0v) is 12.1. The summed E-state index contributed by atoms with van der Waals surface area (Å²) >= 11 is 12.0. The molecule has 4 nitrogen and oxygen atoms in total. The molecule has 0 aliphatic carbocycles. The Kier molecular flexibility index (Phi) is 3.42. The van der Waals surface area contributed by atoms with E-state index in [4.69, 9.17) is 23.2 Å². The van der Waals surface area contributed by atoms with Crippen LogP contribution in [0.15, 0.2) is 42.7 Å². The number of aryl methyl sites for hydroxylation is 1. The van der Waals surface area contributed by atoms with Gasteiger partial charge in [0.05, 0.1) is 0 Å². The van der Waals surface area contributed by atoms with Gasteiger partial charge in [-0.2, -0.15) is 0 Å². The fraction of sp³-hybridized carbons (Fsp3) is 0.0714. The molecule has 0 radical (unpaired) electrons. The molecule has 2 heterocycles. The lowest BCUT2D eigenvalue weighted by atomic mass is 10.0. The molecule has 0 spiro atoms. The second kappa shape index (κ2) is 5.23. The molecule has 6 heteroatoms. The van der Waals surface area contributed by atoms with Gasteiger partial charge in [-0.15, -0.1) is 10.2 Å².